The second-order valence-electron chi connectivity index (χ2n) is 11.6. The maximum Gasteiger partial charge on any atom is 0.343 e. The third-order valence-corrected chi connectivity index (χ3v) is 6.35. The summed E-state index contributed by atoms with van der Waals surface area (Å²) in [5, 5.41) is 3.99. The molecule has 0 unspecified atom stereocenters. The highest BCUT2D eigenvalue weighted by Crippen LogP contribution is 2.39. The van der Waals surface area contributed by atoms with Crippen LogP contribution in [0.4, 0.5) is 0 Å². The number of hydrogen-bond acceptors (Lipinski definition) is 8. The van der Waals surface area contributed by atoms with Crippen molar-refractivity contribution in [1.82, 2.24) is 5.43 Å². The maximum atomic E-state index is 12.8. The number of benzene rings is 3. The van der Waals surface area contributed by atoms with Gasteiger partial charge < -0.3 is 23.7 Å². The Hall–Kier alpha value is -4.53. The molecule has 42 heavy (non-hydrogen) atoms. The van der Waals surface area contributed by atoms with Crippen molar-refractivity contribution in [3.05, 3.63) is 77.4 Å². The molecule has 3 rings (SSSR count). The van der Waals surface area contributed by atoms with E-state index in [1.54, 1.807) is 24.3 Å². The molecule has 1 amide bonds. The van der Waals surface area contributed by atoms with Crippen LogP contribution in [0.3, 0.4) is 0 Å². The molecule has 0 spiro atoms. The Morgan fingerprint density at radius 3 is 2.05 bits per heavy atom. The molecule has 0 aromatic heterocycles. The number of nitrogens with zero attached hydrogens (tertiary/aromatic N) is 1. The van der Waals surface area contributed by atoms with Gasteiger partial charge in [0.2, 0.25) is 5.75 Å². The van der Waals surface area contributed by atoms with Gasteiger partial charge >= 0.3 is 5.97 Å². The minimum Gasteiger partial charge on any atom is -0.493 e. The highest BCUT2D eigenvalue weighted by molar-refractivity contribution is 5.93. The lowest BCUT2D eigenvalue weighted by Crippen LogP contribution is -2.25. The topological polar surface area (TPSA) is 105 Å². The highest BCUT2D eigenvalue weighted by Gasteiger charge is 2.27. The number of rotatable bonds is 12. The average molecular weight is 577 g/mol. The van der Waals surface area contributed by atoms with E-state index >= 15 is 0 Å². The average Bonchev–Trinajstić information content (AvgIpc) is 2.94. The molecule has 0 saturated carbocycles. The largest absolute Gasteiger partial charge is 0.493 e. The van der Waals surface area contributed by atoms with Gasteiger partial charge in [-0.25, -0.2) is 10.2 Å². The Labute approximate surface area is 247 Å². The molecule has 0 fully saturated rings. The predicted octanol–water partition coefficient (Wildman–Crippen LogP) is 6.17. The molecule has 9 heteroatoms. The van der Waals surface area contributed by atoms with Crippen LogP contribution >= 0.6 is 0 Å². The molecule has 0 atom stereocenters. The molecule has 0 aliphatic carbocycles. The standard InChI is InChI=1S/C33H40N2O7/c1-32(2,3)21-33(4,5)24-12-14-25(15-13-24)41-20-29(36)35-34-19-22-10-9-11-26(16-22)42-31(37)23-17-27(38-6)30(40-8)28(18-23)39-7/h9-19H,20-21H2,1-8H3,(H,35,36)/b34-19-. The summed E-state index contributed by atoms with van der Waals surface area (Å²) in [5.74, 6) is 0.916. The van der Waals surface area contributed by atoms with E-state index in [-0.39, 0.29) is 23.0 Å². The lowest BCUT2D eigenvalue weighted by Gasteiger charge is -2.33. The molecule has 0 radical (unpaired) electrons. The summed E-state index contributed by atoms with van der Waals surface area (Å²) in [5.41, 5.74) is 4.73. The van der Waals surface area contributed by atoms with Crippen LogP contribution in [0.1, 0.15) is 62.5 Å². The van der Waals surface area contributed by atoms with E-state index in [9.17, 15) is 9.59 Å². The summed E-state index contributed by atoms with van der Waals surface area (Å²) in [4.78, 5) is 25.1. The molecule has 0 heterocycles. The first-order valence-electron chi connectivity index (χ1n) is 13.5. The van der Waals surface area contributed by atoms with Gasteiger partial charge in [0.1, 0.15) is 11.5 Å². The monoisotopic (exact) mass is 576 g/mol. The van der Waals surface area contributed by atoms with Crippen LogP contribution in [0.25, 0.3) is 0 Å². The van der Waals surface area contributed by atoms with Gasteiger partial charge in [0, 0.05) is 0 Å². The Kier molecular flexibility index (Phi) is 10.6. The first-order chi connectivity index (χ1) is 19.8. The fourth-order valence-electron chi connectivity index (χ4n) is 4.81. The predicted molar refractivity (Wildman–Crippen MR) is 162 cm³/mol. The minimum atomic E-state index is -0.611. The molecule has 0 aliphatic heterocycles. The van der Waals surface area contributed by atoms with Crippen LogP contribution in [0.15, 0.2) is 65.8 Å². The molecule has 3 aromatic rings. The van der Waals surface area contributed by atoms with Crippen LogP contribution in [0.5, 0.6) is 28.7 Å². The number of hydrogen-bond donors (Lipinski definition) is 1. The SMILES string of the molecule is COc1cc(C(=O)Oc2cccc(/C=N\NC(=O)COc3ccc(C(C)(C)CC(C)(C)C)cc3)c2)cc(OC)c1OC. The van der Waals surface area contributed by atoms with Gasteiger partial charge in [0.05, 0.1) is 33.1 Å². The molecule has 0 bridgehead atoms. The Balaban J connectivity index is 1.54. The Bertz CT molecular complexity index is 1380. The molecule has 0 aliphatic rings. The quantitative estimate of drug-likeness (QED) is 0.119. The highest BCUT2D eigenvalue weighted by atomic mass is 16.5. The molecular weight excluding hydrogens is 536 g/mol. The minimum absolute atomic E-state index is 0.0231. The smallest absolute Gasteiger partial charge is 0.343 e. The normalized spacial score (nSPS) is 11.6. The number of esters is 1. The molecule has 1 N–H and O–H groups in total. The zero-order chi connectivity index (χ0) is 30.9. The number of carbonyl (C=O) groups is 2. The lowest BCUT2D eigenvalue weighted by molar-refractivity contribution is -0.123. The van der Waals surface area contributed by atoms with Crippen molar-refractivity contribution < 1.29 is 33.3 Å². The van der Waals surface area contributed by atoms with Gasteiger partial charge in [0.25, 0.3) is 5.91 Å². The van der Waals surface area contributed by atoms with E-state index in [4.69, 9.17) is 23.7 Å². The van der Waals surface area contributed by atoms with Gasteiger partial charge in [-0.05, 0) is 64.8 Å². The fraction of sp³-hybridized carbons (Fsp3) is 0.364. The summed E-state index contributed by atoms with van der Waals surface area (Å²) in [6.07, 6.45) is 2.49. The molecule has 0 saturated heterocycles. The van der Waals surface area contributed by atoms with Gasteiger partial charge in [-0.1, -0.05) is 58.9 Å². The summed E-state index contributed by atoms with van der Waals surface area (Å²) in [6, 6.07) is 17.6. The van der Waals surface area contributed by atoms with Crippen molar-refractivity contribution in [2.45, 2.75) is 46.5 Å². The zero-order valence-corrected chi connectivity index (χ0v) is 25.6. The van der Waals surface area contributed by atoms with Gasteiger partial charge in [-0.3, -0.25) is 4.79 Å². The summed E-state index contributed by atoms with van der Waals surface area (Å²) in [6.45, 7) is 11.0. The van der Waals surface area contributed by atoms with Crippen molar-refractivity contribution in [2.75, 3.05) is 27.9 Å². The van der Waals surface area contributed by atoms with Crippen molar-refractivity contribution in [3.63, 3.8) is 0 Å². The third kappa shape index (κ3) is 8.99. The van der Waals surface area contributed by atoms with E-state index < -0.39 is 11.9 Å². The fourth-order valence-corrected chi connectivity index (χ4v) is 4.81. The molecule has 224 valence electrons. The van der Waals surface area contributed by atoms with E-state index in [0.29, 0.717) is 34.3 Å². The van der Waals surface area contributed by atoms with Crippen LogP contribution < -0.4 is 29.1 Å². The number of methoxy groups -OCH3 is 3. The molecular formula is C33H40N2O7. The van der Waals surface area contributed by atoms with Gasteiger partial charge in [-0.15, -0.1) is 0 Å². The van der Waals surface area contributed by atoms with Crippen molar-refractivity contribution in [2.24, 2.45) is 10.5 Å². The van der Waals surface area contributed by atoms with Crippen LogP contribution in [0, 0.1) is 5.41 Å². The van der Waals surface area contributed by atoms with Crippen molar-refractivity contribution in [1.29, 1.82) is 0 Å². The second kappa shape index (κ2) is 13.9. The second-order valence-corrected chi connectivity index (χ2v) is 11.6. The molecule has 3 aromatic carbocycles. The first-order valence-corrected chi connectivity index (χ1v) is 13.5. The maximum absolute atomic E-state index is 12.8. The first kappa shape index (κ1) is 32.0. The van der Waals surface area contributed by atoms with Crippen molar-refractivity contribution >= 4 is 18.1 Å². The number of carbonyl (C=O) groups excluding carboxylic acids is 2. The van der Waals surface area contributed by atoms with E-state index in [2.05, 4.69) is 45.1 Å². The van der Waals surface area contributed by atoms with Gasteiger partial charge in [-0.2, -0.15) is 5.10 Å². The van der Waals surface area contributed by atoms with Crippen LogP contribution in [-0.4, -0.2) is 46.0 Å². The van der Waals surface area contributed by atoms with Crippen LogP contribution in [-0.2, 0) is 10.2 Å². The number of ether oxygens (including phenoxy) is 5. The van der Waals surface area contributed by atoms with E-state index in [1.807, 2.05) is 24.3 Å². The summed E-state index contributed by atoms with van der Waals surface area (Å²) in [7, 11) is 4.41. The Morgan fingerprint density at radius 1 is 0.833 bits per heavy atom. The number of nitrogens with one attached hydrogen (secondary N) is 1. The zero-order valence-electron chi connectivity index (χ0n) is 25.6. The van der Waals surface area contributed by atoms with Gasteiger partial charge in [0.15, 0.2) is 18.1 Å². The molecule has 9 nitrogen and oxygen atoms in total. The van der Waals surface area contributed by atoms with E-state index in [0.717, 1.165) is 6.42 Å². The number of hydrazone groups is 1. The van der Waals surface area contributed by atoms with Crippen molar-refractivity contribution in [3.8, 4) is 28.7 Å². The van der Waals surface area contributed by atoms with E-state index in [1.165, 1.54) is 45.2 Å². The van der Waals surface area contributed by atoms with Crippen LogP contribution in [0.2, 0.25) is 0 Å². The Morgan fingerprint density at radius 2 is 1.48 bits per heavy atom. The summed E-state index contributed by atoms with van der Waals surface area (Å²) < 4.78 is 27.0. The number of amides is 1. The third-order valence-electron chi connectivity index (χ3n) is 6.35. The lowest BCUT2D eigenvalue weighted by atomic mass is 9.72. The summed E-state index contributed by atoms with van der Waals surface area (Å²) >= 11 is 0.